The molecule has 1 N–H and O–H groups in total. The number of amides is 2. The van der Waals surface area contributed by atoms with Crippen molar-refractivity contribution in [2.75, 3.05) is 11.4 Å². The number of hydrogen-bond donors (Lipinski definition) is 1. The number of carbonyl (C=O) groups is 2. The van der Waals surface area contributed by atoms with Crippen LogP contribution in [0.2, 0.25) is 0 Å². The normalized spacial score (nSPS) is 23.0. The van der Waals surface area contributed by atoms with Crippen LogP contribution >= 0.6 is 0 Å². The number of nitrogens with one attached hydrogen (secondary N) is 1. The second-order valence-corrected chi connectivity index (χ2v) is 5.32. The van der Waals surface area contributed by atoms with Crippen LogP contribution in [-0.4, -0.2) is 24.4 Å². The van der Waals surface area contributed by atoms with Crippen molar-refractivity contribution in [2.45, 2.75) is 25.3 Å². The van der Waals surface area contributed by atoms with Crippen LogP contribution in [0.4, 0.5) is 18.9 Å². The smallest absolute Gasteiger partial charge is 0.249 e. The molecular formula is C14H13F3N2O2. The lowest BCUT2D eigenvalue weighted by atomic mass is 10.1. The highest BCUT2D eigenvalue weighted by Gasteiger charge is 2.42. The summed E-state index contributed by atoms with van der Waals surface area (Å²) >= 11 is 0. The Morgan fingerprint density at radius 2 is 1.81 bits per heavy atom. The Morgan fingerprint density at radius 1 is 1.10 bits per heavy atom. The van der Waals surface area contributed by atoms with Gasteiger partial charge in [-0.25, -0.2) is 13.2 Å². The van der Waals surface area contributed by atoms with Gasteiger partial charge >= 0.3 is 0 Å². The van der Waals surface area contributed by atoms with Crippen LogP contribution < -0.4 is 10.2 Å². The zero-order valence-electron chi connectivity index (χ0n) is 11.0. The Kier molecular flexibility index (Phi) is 3.35. The number of rotatable bonds is 2. The second-order valence-electron chi connectivity index (χ2n) is 5.32. The van der Waals surface area contributed by atoms with E-state index < -0.39 is 29.4 Å². The van der Waals surface area contributed by atoms with Crippen molar-refractivity contribution in [1.29, 1.82) is 0 Å². The van der Waals surface area contributed by atoms with Crippen molar-refractivity contribution in [1.82, 2.24) is 5.32 Å². The van der Waals surface area contributed by atoms with Crippen LogP contribution in [0.25, 0.3) is 0 Å². The summed E-state index contributed by atoms with van der Waals surface area (Å²) in [5.74, 6) is -5.08. The van der Waals surface area contributed by atoms with E-state index in [0.717, 1.165) is 29.9 Å². The van der Waals surface area contributed by atoms with E-state index in [-0.39, 0.29) is 30.5 Å². The summed E-state index contributed by atoms with van der Waals surface area (Å²) in [5, 5.41) is 2.62. The highest BCUT2D eigenvalue weighted by atomic mass is 19.2. The summed E-state index contributed by atoms with van der Waals surface area (Å²) in [5.41, 5.74) is -0.332. The van der Waals surface area contributed by atoms with Gasteiger partial charge in [-0.15, -0.1) is 0 Å². The summed E-state index contributed by atoms with van der Waals surface area (Å²) in [6.45, 7) is -0.0596. The van der Waals surface area contributed by atoms with Crippen molar-refractivity contribution in [3.05, 3.63) is 29.6 Å². The average molecular weight is 298 g/mol. The van der Waals surface area contributed by atoms with Gasteiger partial charge in [0.25, 0.3) is 0 Å². The van der Waals surface area contributed by atoms with Crippen LogP contribution in [0, 0.1) is 23.4 Å². The third-order valence-electron chi connectivity index (χ3n) is 3.81. The van der Waals surface area contributed by atoms with E-state index >= 15 is 0 Å². The molecule has 0 aromatic heterocycles. The summed E-state index contributed by atoms with van der Waals surface area (Å²) in [4.78, 5) is 25.1. The third kappa shape index (κ3) is 2.48. The molecular weight excluding hydrogens is 285 g/mol. The molecule has 0 spiro atoms. The van der Waals surface area contributed by atoms with Crippen molar-refractivity contribution < 1.29 is 22.8 Å². The molecule has 21 heavy (non-hydrogen) atoms. The molecule has 1 aromatic carbocycles. The molecule has 1 saturated carbocycles. The number of halogens is 3. The van der Waals surface area contributed by atoms with Gasteiger partial charge < -0.3 is 10.2 Å². The highest BCUT2D eigenvalue weighted by molar-refractivity contribution is 6.01. The van der Waals surface area contributed by atoms with Gasteiger partial charge in [-0.1, -0.05) is 0 Å². The van der Waals surface area contributed by atoms with Gasteiger partial charge in [-0.05, 0) is 30.9 Å². The minimum atomic E-state index is -1.62. The molecule has 0 bridgehead atoms. The molecule has 4 nitrogen and oxygen atoms in total. The van der Waals surface area contributed by atoms with Crippen LogP contribution in [0.15, 0.2) is 12.1 Å². The molecule has 1 saturated heterocycles. The number of hydrogen-bond acceptors (Lipinski definition) is 2. The quantitative estimate of drug-likeness (QED) is 0.846. The molecule has 2 fully saturated rings. The van der Waals surface area contributed by atoms with Gasteiger partial charge in [0, 0.05) is 13.0 Å². The fourth-order valence-corrected chi connectivity index (χ4v) is 2.51. The molecule has 1 aliphatic heterocycles. The average Bonchev–Trinajstić information content (AvgIpc) is 3.28. The molecule has 0 radical (unpaired) electrons. The fraction of sp³-hybridized carbons (Fsp3) is 0.429. The van der Waals surface area contributed by atoms with Gasteiger partial charge in [0.05, 0.1) is 5.69 Å². The first-order chi connectivity index (χ1) is 9.99. The number of nitrogens with zero attached hydrogens (tertiary/aromatic N) is 1. The summed E-state index contributed by atoms with van der Waals surface area (Å²) in [6.07, 6.45) is 1.61. The largest absolute Gasteiger partial charge is 0.344 e. The van der Waals surface area contributed by atoms with Crippen LogP contribution in [0.5, 0.6) is 0 Å². The second kappa shape index (κ2) is 5.05. The zero-order chi connectivity index (χ0) is 15.1. The lowest BCUT2D eigenvalue weighted by Crippen LogP contribution is -2.46. The van der Waals surface area contributed by atoms with Crippen molar-refractivity contribution in [2.24, 2.45) is 5.92 Å². The molecule has 1 aliphatic carbocycles. The Hall–Kier alpha value is -2.05. The van der Waals surface area contributed by atoms with E-state index in [9.17, 15) is 22.8 Å². The Balaban J connectivity index is 1.98. The number of carbonyl (C=O) groups excluding carboxylic acids is 2. The highest BCUT2D eigenvalue weighted by Crippen LogP contribution is 2.35. The minimum absolute atomic E-state index is 0.00655. The molecule has 1 atom stereocenters. The van der Waals surface area contributed by atoms with Crippen molar-refractivity contribution in [3.8, 4) is 0 Å². The molecule has 2 amide bonds. The molecule has 1 heterocycles. The van der Waals surface area contributed by atoms with E-state index in [2.05, 4.69) is 5.32 Å². The summed E-state index contributed by atoms with van der Waals surface area (Å²) < 4.78 is 40.2. The lowest BCUT2D eigenvalue weighted by molar-refractivity contribution is -0.126. The van der Waals surface area contributed by atoms with E-state index in [4.69, 9.17) is 0 Å². The molecule has 7 heteroatoms. The van der Waals surface area contributed by atoms with E-state index in [1.807, 2.05) is 0 Å². The zero-order valence-corrected chi connectivity index (χ0v) is 11.0. The SMILES string of the molecule is O=C1CCN(c2ccc(F)c(F)c2F)C(=O)C(C2CC2)N1. The Bertz CT molecular complexity index is 616. The third-order valence-corrected chi connectivity index (χ3v) is 3.81. The number of anilines is 1. The van der Waals surface area contributed by atoms with Gasteiger partial charge in [-0.2, -0.15) is 0 Å². The summed E-state index contributed by atoms with van der Waals surface area (Å²) in [7, 11) is 0. The van der Waals surface area contributed by atoms with E-state index in [0.29, 0.717) is 0 Å². The van der Waals surface area contributed by atoms with E-state index in [1.54, 1.807) is 0 Å². The first-order valence-corrected chi connectivity index (χ1v) is 6.73. The van der Waals surface area contributed by atoms with E-state index in [1.165, 1.54) is 0 Å². The standard InChI is InChI=1S/C14H13F3N2O2/c15-8-3-4-9(12(17)11(8)16)19-6-5-10(20)18-13(14(19)21)7-1-2-7/h3-4,7,13H,1-2,5-6H2,(H,18,20). The first kappa shape index (κ1) is 13.9. The van der Waals surface area contributed by atoms with Gasteiger partial charge in [0.15, 0.2) is 17.5 Å². The van der Waals surface area contributed by atoms with Gasteiger partial charge in [0.1, 0.15) is 6.04 Å². The Labute approximate surface area is 118 Å². The van der Waals surface area contributed by atoms with Crippen LogP contribution in [0.1, 0.15) is 19.3 Å². The van der Waals surface area contributed by atoms with Gasteiger partial charge in [-0.3, -0.25) is 9.59 Å². The maximum atomic E-state index is 13.9. The number of benzene rings is 1. The first-order valence-electron chi connectivity index (χ1n) is 6.73. The molecule has 3 rings (SSSR count). The maximum Gasteiger partial charge on any atom is 0.249 e. The molecule has 112 valence electrons. The summed E-state index contributed by atoms with van der Waals surface area (Å²) in [6, 6.07) is 1.08. The predicted molar refractivity (Wildman–Crippen MR) is 67.9 cm³/mol. The minimum Gasteiger partial charge on any atom is -0.344 e. The topological polar surface area (TPSA) is 49.4 Å². The van der Waals surface area contributed by atoms with Crippen molar-refractivity contribution >= 4 is 17.5 Å². The fourth-order valence-electron chi connectivity index (χ4n) is 2.51. The Morgan fingerprint density at radius 3 is 2.48 bits per heavy atom. The monoisotopic (exact) mass is 298 g/mol. The van der Waals surface area contributed by atoms with Crippen molar-refractivity contribution in [3.63, 3.8) is 0 Å². The van der Waals surface area contributed by atoms with Crippen LogP contribution in [-0.2, 0) is 9.59 Å². The molecule has 2 aliphatic rings. The molecule has 1 unspecified atom stereocenters. The lowest BCUT2D eigenvalue weighted by Gasteiger charge is -2.24. The maximum absolute atomic E-state index is 13.9. The molecule has 1 aromatic rings. The van der Waals surface area contributed by atoms with Crippen LogP contribution in [0.3, 0.4) is 0 Å². The predicted octanol–water partition coefficient (Wildman–Crippen LogP) is 1.74. The van der Waals surface area contributed by atoms with Gasteiger partial charge in [0.2, 0.25) is 11.8 Å².